The minimum Gasteiger partial charge on any atom is -0.339 e. The van der Waals surface area contributed by atoms with Crippen molar-refractivity contribution in [3.63, 3.8) is 0 Å². The van der Waals surface area contributed by atoms with Gasteiger partial charge >= 0.3 is 0 Å². The highest BCUT2D eigenvalue weighted by molar-refractivity contribution is 7.99. The molecule has 1 heterocycles. The van der Waals surface area contributed by atoms with Crippen molar-refractivity contribution in [3.05, 3.63) is 42.0 Å². The van der Waals surface area contributed by atoms with Crippen molar-refractivity contribution < 1.29 is 4.39 Å². The molecule has 0 atom stereocenters. The summed E-state index contributed by atoms with van der Waals surface area (Å²) in [5.74, 6) is -0.202. The van der Waals surface area contributed by atoms with Gasteiger partial charge in [0.1, 0.15) is 5.82 Å². The summed E-state index contributed by atoms with van der Waals surface area (Å²) in [7, 11) is 0. The number of aromatic nitrogens is 2. The molecular weight excluding hydrogens is 249 g/mol. The largest absolute Gasteiger partial charge is 0.339 e. The number of nitrogens with one attached hydrogen (secondary N) is 2. The number of halogens is 1. The molecule has 0 aliphatic heterocycles. The molecule has 0 saturated heterocycles. The maximum absolute atomic E-state index is 13.3. The summed E-state index contributed by atoms with van der Waals surface area (Å²) in [4.78, 5) is 8.22. The van der Waals surface area contributed by atoms with Crippen molar-refractivity contribution in [1.82, 2.24) is 15.3 Å². The molecular formula is C13H16FN3S. The SMILES string of the molecule is CCCNCc1cc(F)ccc1Sc1ncc[nH]1. The van der Waals surface area contributed by atoms with Gasteiger partial charge in [-0.15, -0.1) is 0 Å². The van der Waals surface area contributed by atoms with Crippen molar-refractivity contribution in [2.24, 2.45) is 0 Å². The quantitative estimate of drug-likeness (QED) is 0.788. The molecule has 5 heteroatoms. The Kier molecular flexibility index (Phi) is 4.78. The van der Waals surface area contributed by atoms with E-state index in [1.165, 1.54) is 17.8 Å². The first-order chi connectivity index (χ1) is 8.79. The van der Waals surface area contributed by atoms with Gasteiger partial charge in [0, 0.05) is 23.8 Å². The van der Waals surface area contributed by atoms with Gasteiger partial charge in [-0.05, 0) is 36.7 Å². The number of aromatic amines is 1. The van der Waals surface area contributed by atoms with Gasteiger partial charge < -0.3 is 10.3 Å². The fraction of sp³-hybridized carbons (Fsp3) is 0.308. The van der Waals surface area contributed by atoms with Gasteiger partial charge in [-0.3, -0.25) is 0 Å². The summed E-state index contributed by atoms with van der Waals surface area (Å²) >= 11 is 1.51. The second-order valence-electron chi connectivity index (χ2n) is 3.93. The zero-order valence-electron chi connectivity index (χ0n) is 10.2. The number of nitrogens with zero attached hydrogens (tertiary/aromatic N) is 1. The molecule has 3 nitrogen and oxygen atoms in total. The average Bonchev–Trinajstić information content (AvgIpc) is 2.86. The number of imidazole rings is 1. The molecule has 96 valence electrons. The monoisotopic (exact) mass is 265 g/mol. The van der Waals surface area contributed by atoms with E-state index < -0.39 is 0 Å². The molecule has 1 aromatic heterocycles. The van der Waals surface area contributed by atoms with Crippen LogP contribution in [0.15, 0.2) is 40.6 Å². The van der Waals surface area contributed by atoms with Crippen LogP contribution >= 0.6 is 11.8 Å². The minimum absolute atomic E-state index is 0.202. The van der Waals surface area contributed by atoms with Crippen LogP contribution in [0.1, 0.15) is 18.9 Å². The van der Waals surface area contributed by atoms with E-state index >= 15 is 0 Å². The molecule has 0 aliphatic carbocycles. The minimum atomic E-state index is -0.202. The fourth-order valence-corrected chi connectivity index (χ4v) is 2.44. The maximum atomic E-state index is 13.3. The van der Waals surface area contributed by atoms with Gasteiger partial charge in [-0.2, -0.15) is 0 Å². The highest BCUT2D eigenvalue weighted by Crippen LogP contribution is 2.28. The topological polar surface area (TPSA) is 40.7 Å². The zero-order chi connectivity index (χ0) is 12.8. The van der Waals surface area contributed by atoms with E-state index in [4.69, 9.17) is 0 Å². The summed E-state index contributed by atoms with van der Waals surface area (Å²) in [6.07, 6.45) is 4.55. The first kappa shape index (κ1) is 13.1. The number of hydrogen-bond acceptors (Lipinski definition) is 3. The van der Waals surface area contributed by atoms with Crippen LogP contribution in [0.5, 0.6) is 0 Å². The van der Waals surface area contributed by atoms with E-state index in [1.54, 1.807) is 24.5 Å². The second kappa shape index (κ2) is 6.56. The Hall–Kier alpha value is -1.33. The van der Waals surface area contributed by atoms with Crippen molar-refractivity contribution >= 4 is 11.8 Å². The number of benzene rings is 1. The molecule has 2 rings (SSSR count). The lowest BCUT2D eigenvalue weighted by atomic mass is 10.2. The lowest BCUT2D eigenvalue weighted by Gasteiger charge is -2.09. The lowest BCUT2D eigenvalue weighted by Crippen LogP contribution is -2.14. The highest BCUT2D eigenvalue weighted by atomic mass is 32.2. The van der Waals surface area contributed by atoms with Crippen molar-refractivity contribution in [2.45, 2.75) is 29.9 Å². The first-order valence-corrected chi connectivity index (χ1v) is 6.77. The van der Waals surface area contributed by atoms with Gasteiger partial charge in [0.05, 0.1) is 0 Å². The molecule has 0 spiro atoms. The number of hydrogen-bond donors (Lipinski definition) is 2. The van der Waals surface area contributed by atoms with Crippen molar-refractivity contribution in [3.8, 4) is 0 Å². The van der Waals surface area contributed by atoms with Crippen LogP contribution in [0, 0.1) is 5.82 Å². The molecule has 0 aliphatic rings. The molecule has 2 aromatic rings. The first-order valence-electron chi connectivity index (χ1n) is 5.96. The van der Waals surface area contributed by atoms with E-state index in [0.717, 1.165) is 28.6 Å². The third-order valence-electron chi connectivity index (χ3n) is 2.44. The van der Waals surface area contributed by atoms with Crippen molar-refractivity contribution in [1.29, 1.82) is 0 Å². The third kappa shape index (κ3) is 3.58. The van der Waals surface area contributed by atoms with E-state index in [0.29, 0.717) is 6.54 Å². The summed E-state index contributed by atoms with van der Waals surface area (Å²) in [5, 5.41) is 4.11. The Bertz CT molecular complexity index is 485. The summed E-state index contributed by atoms with van der Waals surface area (Å²) in [5.41, 5.74) is 0.963. The van der Waals surface area contributed by atoms with Crippen LogP contribution in [0.3, 0.4) is 0 Å². The molecule has 18 heavy (non-hydrogen) atoms. The highest BCUT2D eigenvalue weighted by Gasteiger charge is 2.07. The smallest absolute Gasteiger partial charge is 0.170 e. The lowest BCUT2D eigenvalue weighted by molar-refractivity contribution is 0.615. The number of rotatable bonds is 6. The van der Waals surface area contributed by atoms with Crippen LogP contribution in [0.4, 0.5) is 4.39 Å². The molecule has 0 saturated carbocycles. The molecule has 0 bridgehead atoms. The van der Waals surface area contributed by atoms with Crippen LogP contribution in [-0.4, -0.2) is 16.5 Å². The molecule has 0 unspecified atom stereocenters. The Labute approximate surface area is 110 Å². The zero-order valence-corrected chi connectivity index (χ0v) is 11.1. The second-order valence-corrected chi connectivity index (χ2v) is 4.96. The Balaban J connectivity index is 2.12. The Morgan fingerprint density at radius 1 is 1.44 bits per heavy atom. The van der Waals surface area contributed by atoms with E-state index in [-0.39, 0.29) is 5.82 Å². The Morgan fingerprint density at radius 2 is 2.33 bits per heavy atom. The molecule has 0 radical (unpaired) electrons. The molecule has 1 aromatic carbocycles. The van der Waals surface area contributed by atoms with Gasteiger partial charge in [0.2, 0.25) is 0 Å². The van der Waals surface area contributed by atoms with Crippen LogP contribution in [0.25, 0.3) is 0 Å². The van der Waals surface area contributed by atoms with Gasteiger partial charge in [-0.25, -0.2) is 9.37 Å². The van der Waals surface area contributed by atoms with Crippen LogP contribution < -0.4 is 5.32 Å². The fourth-order valence-electron chi connectivity index (χ4n) is 1.60. The maximum Gasteiger partial charge on any atom is 0.170 e. The summed E-state index contributed by atoms with van der Waals surface area (Å²) in [6.45, 7) is 3.72. The van der Waals surface area contributed by atoms with E-state index in [2.05, 4.69) is 22.2 Å². The molecule has 0 fully saturated rings. The van der Waals surface area contributed by atoms with E-state index in [9.17, 15) is 4.39 Å². The van der Waals surface area contributed by atoms with Crippen LogP contribution in [0.2, 0.25) is 0 Å². The van der Waals surface area contributed by atoms with Gasteiger partial charge in [-0.1, -0.05) is 18.7 Å². The van der Waals surface area contributed by atoms with E-state index in [1.807, 2.05) is 0 Å². The predicted octanol–water partition coefficient (Wildman–Crippen LogP) is 3.20. The van der Waals surface area contributed by atoms with Crippen molar-refractivity contribution in [2.75, 3.05) is 6.54 Å². The van der Waals surface area contributed by atoms with Gasteiger partial charge in [0.15, 0.2) is 5.16 Å². The summed E-state index contributed by atoms with van der Waals surface area (Å²) in [6, 6.07) is 4.86. The number of H-pyrrole nitrogens is 1. The van der Waals surface area contributed by atoms with Crippen LogP contribution in [-0.2, 0) is 6.54 Å². The third-order valence-corrected chi connectivity index (χ3v) is 3.48. The predicted molar refractivity (Wildman–Crippen MR) is 71.1 cm³/mol. The molecule has 0 amide bonds. The molecule has 2 N–H and O–H groups in total. The summed E-state index contributed by atoms with van der Waals surface area (Å²) < 4.78 is 13.3. The van der Waals surface area contributed by atoms with Gasteiger partial charge in [0.25, 0.3) is 0 Å². The average molecular weight is 265 g/mol. The standard InChI is InChI=1S/C13H16FN3S/c1-2-5-15-9-10-8-11(14)3-4-12(10)18-13-16-6-7-17-13/h3-4,6-8,15H,2,5,9H2,1H3,(H,16,17). The Morgan fingerprint density at radius 3 is 3.06 bits per heavy atom. The normalized spacial score (nSPS) is 10.8.